The molecule has 128 valence electrons. The molecule has 2 rings (SSSR count). The Hall–Kier alpha value is -2.75. The summed E-state index contributed by atoms with van der Waals surface area (Å²) in [4.78, 5) is 24.3. The molecular formula is C17H20N2O5. The number of methoxy groups -OCH3 is 2. The summed E-state index contributed by atoms with van der Waals surface area (Å²) in [6.45, 7) is -0.469. The molecule has 0 aliphatic heterocycles. The third kappa shape index (κ3) is 3.77. The standard InChI is InChI=1S/C17H20N2O5/c1-22-12-6-5-7-13(23-2)15(12)16(21)24-10-14(20)19-17(11-18)8-3-4-9-17/h5-7H,3-4,8-10H2,1-2H3,(H,19,20). The fourth-order valence-electron chi connectivity index (χ4n) is 2.80. The molecule has 0 heterocycles. The van der Waals surface area contributed by atoms with Crippen molar-refractivity contribution < 1.29 is 23.8 Å². The van der Waals surface area contributed by atoms with Crippen LogP contribution >= 0.6 is 0 Å². The summed E-state index contributed by atoms with van der Waals surface area (Å²) in [5.41, 5.74) is -0.725. The Morgan fingerprint density at radius 2 is 1.79 bits per heavy atom. The SMILES string of the molecule is COc1cccc(OC)c1C(=O)OCC(=O)NC1(C#N)CCCC1. The lowest BCUT2D eigenvalue weighted by molar-refractivity contribution is -0.125. The predicted molar refractivity (Wildman–Crippen MR) is 84.8 cm³/mol. The first-order valence-corrected chi connectivity index (χ1v) is 7.65. The van der Waals surface area contributed by atoms with Crippen molar-refractivity contribution in [2.45, 2.75) is 31.2 Å². The van der Waals surface area contributed by atoms with E-state index >= 15 is 0 Å². The fourth-order valence-corrected chi connectivity index (χ4v) is 2.80. The van der Waals surface area contributed by atoms with E-state index in [0.29, 0.717) is 24.3 Å². The van der Waals surface area contributed by atoms with E-state index in [1.54, 1.807) is 18.2 Å². The molecule has 1 aliphatic carbocycles. The molecule has 0 spiro atoms. The maximum atomic E-state index is 12.3. The lowest BCUT2D eigenvalue weighted by Crippen LogP contribution is -2.46. The maximum absolute atomic E-state index is 12.3. The minimum atomic E-state index is -0.842. The van der Waals surface area contributed by atoms with Crippen LogP contribution in [0.15, 0.2) is 18.2 Å². The molecule has 0 unspecified atom stereocenters. The van der Waals surface area contributed by atoms with Crippen molar-refractivity contribution in [3.63, 3.8) is 0 Å². The number of esters is 1. The van der Waals surface area contributed by atoms with Gasteiger partial charge in [0.1, 0.15) is 22.6 Å². The minimum absolute atomic E-state index is 0.117. The van der Waals surface area contributed by atoms with Crippen LogP contribution in [-0.4, -0.2) is 38.2 Å². The summed E-state index contributed by atoms with van der Waals surface area (Å²) in [6, 6.07) is 7.03. The first-order valence-electron chi connectivity index (χ1n) is 7.65. The van der Waals surface area contributed by atoms with Crippen LogP contribution in [0.2, 0.25) is 0 Å². The molecule has 24 heavy (non-hydrogen) atoms. The van der Waals surface area contributed by atoms with Crippen molar-refractivity contribution in [1.29, 1.82) is 5.26 Å². The van der Waals surface area contributed by atoms with Gasteiger partial charge in [0, 0.05) is 0 Å². The molecule has 1 amide bonds. The normalized spacial score (nSPS) is 15.2. The number of carbonyl (C=O) groups excluding carboxylic acids is 2. The Kier molecular flexibility index (Phi) is 5.64. The van der Waals surface area contributed by atoms with Crippen molar-refractivity contribution >= 4 is 11.9 Å². The van der Waals surface area contributed by atoms with Gasteiger partial charge in [-0.05, 0) is 37.8 Å². The average Bonchev–Trinajstić information content (AvgIpc) is 3.07. The molecule has 7 heteroatoms. The lowest BCUT2D eigenvalue weighted by atomic mass is 10.00. The summed E-state index contributed by atoms with van der Waals surface area (Å²) >= 11 is 0. The number of amides is 1. The van der Waals surface area contributed by atoms with Crippen LogP contribution < -0.4 is 14.8 Å². The van der Waals surface area contributed by atoms with Gasteiger partial charge in [-0.2, -0.15) is 5.26 Å². The summed E-state index contributed by atoms with van der Waals surface area (Å²) in [5.74, 6) is -0.634. The van der Waals surface area contributed by atoms with Gasteiger partial charge in [-0.15, -0.1) is 0 Å². The highest BCUT2D eigenvalue weighted by atomic mass is 16.5. The van der Waals surface area contributed by atoms with E-state index in [1.807, 2.05) is 0 Å². The van der Waals surface area contributed by atoms with Gasteiger partial charge in [-0.1, -0.05) is 6.07 Å². The highest BCUT2D eigenvalue weighted by molar-refractivity contribution is 5.96. The first-order chi connectivity index (χ1) is 11.5. The molecule has 1 fully saturated rings. The number of carbonyl (C=O) groups is 2. The van der Waals surface area contributed by atoms with Gasteiger partial charge in [0.05, 0.1) is 20.3 Å². The Labute approximate surface area is 140 Å². The number of nitrogens with one attached hydrogen (secondary N) is 1. The first kappa shape index (κ1) is 17.6. The van der Waals surface area contributed by atoms with Gasteiger partial charge in [0.2, 0.25) is 0 Å². The number of nitriles is 1. The number of benzene rings is 1. The third-order valence-corrected chi connectivity index (χ3v) is 4.02. The zero-order valence-electron chi connectivity index (χ0n) is 13.8. The van der Waals surface area contributed by atoms with Crippen molar-refractivity contribution in [2.75, 3.05) is 20.8 Å². The van der Waals surface area contributed by atoms with Crippen LogP contribution in [-0.2, 0) is 9.53 Å². The number of ether oxygens (including phenoxy) is 3. The van der Waals surface area contributed by atoms with Crippen LogP contribution in [0.4, 0.5) is 0 Å². The zero-order chi connectivity index (χ0) is 17.6. The van der Waals surface area contributed by atoms with Crippen LogP contribution in [0.1, 0.15) is 36.0 Å². The van der Waals surface area contributed by atoms with E-state index in [1.165, 1.54) is 14.2 Å². The number of hydrogen-bond donors (Lipinski definition) is 1. The molecule has 1 saturated carbocycles. The smallest absolute Gasteiger partial charge is 0.346 e. The average molecular weight is 332 g/mol. The van der Waals surface area contributed by atoms with Crippen molar-refractivity contribution in [3.05, 3.63) is 23.8 Å². The van der Waals surface area contributed by atoms with Crippen molar-refractivity contribution in [2.24, 2.45) is 0 Å². The lowest BCUT2D eigenvalue weighted by Gasteiger charge is -2.21. The van der Waals surface area contributed by atoms with Gasteiger partial charge in [-0.25, -0.2) is 4.79 Å². The van der Waals surface area contributed by atoms with Gasteiger partial charge in [0.25, 0.3) is 5.91 Å². The number of rotatable bonds is 6. The molecule has 1 N–H and O–H groups in total. The Balaban J connectivity index is 2.01. The Bertz CT molecular complexity index is 637. The van der Waals surface area contributed by atoms with E-state index in [9.17, 15) is 14.9 Å². The summed E-state index contributed by atoms with van der Waals surface area (Å²) in [7, 11) is 2.85. The van der Waals surface area contributed by atoms with Gasteiger partial charge >= 0.3 is 5.97 Å². The highest BCUT2D eigenvalue weighted by Gasteiger charge is 2.35. The van der Waals surface area contributed by atoms with E-state index in [-0.39, 0.29) is 5.56 Å². The topological polar surface area (TPSA) is 97.7 Å². The molecule has 1 aliphatic rings. The van der Waals surface area contributed by atoms with E-state index in [0.717, 1.165) is 12.8 Å². The van der Waals surface area contributed by atoms with Crippen molar-refractivity contribution in [1.82, 2.24) is 5.32 Å². The van der Waals surface area contributed by atoms with Crippen LogP contribution in [0.3, 0.4) is 0 Å². The van der Waals surface area contributed by atoms with Gasteiger partial charge < -0.3 is 19.5 Å². The second-order valence-electron chi connectivity index (χ2n) is 5.56. The highest BCUT2D eigenvalue weighted by Crippen LogP contribution is 2.30. The number of nitrogens with zero attached hydrogens (tertiary/aromatic N) is 1. The van der Waals surface area contributed by atoms with Gasteiger partial charge in [-0.3, -0.25) is 4.79 Å². The second-order valence-corrected chi connectivity index (χ2v) is 5.56. The summed E-state index contributed by atoms with van der Waals surface area (Å²) < 4.78 is 15.3. The molecule has 0 atom stereocenters. The molecule has 7 nitrogen and oxygen atoms in total. The monoisotopic (exact) mass is 332 g/mol. The third-order valence-electron chi connectivity index (χ3n) is 4.02. The van der Waals surface area contributed by atoms with Crippen LogP contribution in [0.25, 0.3) is 0 Å². The molecule has 1 aromatic rings. The number of hydrogen-bond acceptors (Lipinski definition) is 6. The largest absolute Gasteiger partial charge is 0.496 e. The molecule has 0 bridgehead atoms. The molecular weight excluding hydrogens is 312 g/mol. The van der Waals surface area contributed by atoms with Crippen LogP contribution in [0.5, 0.6) is 11.5 Å². The maximum Gasteiger partial charge on any atom is 0.346 e. The Morgan fingerprint density at radius 3 is 2.29 bits per heavy atom. The van der Waals surface area contributed by atoms with E-state index < -0.39 is 24.0 Å². The van der Waals surface area contributed by atoms with E-state index in [2.05, 4.69) is 11.4 Å². The minimum Gasteiger partial charge on any atom is -0.496 e. The van der Waals surface area contributed by atoms with Crippen molar-refractivity contribution in [3.8, 4) is 17.6 Å². The summed E-state index contributed by atoms with van der Waals surface area (Å²) in [5, 5.41) is 11.9. The van der Waals surface area contributed by atoms with Gasteiger partial charge in [0.15, 0.2) is 6.61 Å². The zero-order valence-corrected chi connectivity index (χ0v) is 13.8. The fraction of sp³-hybridized carbons (Fsp3) is 0.471. The second kappa shape index (κ2) is 7.68. The van der Waals surface area contributed by atoms with Crippen LogP contribution in [0, 0.1) is 11.3 Å². The molecule has 0 aromatic heterocycles. The molecule has 0 radical (unpaired) electrons. The Morgan fingerprint density at radius 1 is 1.21 bits per heavy atom. The predicted octanol–water partition coefficient (Wildman–Crippen LogP) is 1.81. The van der Waals surface area contributed by atoms with E-state index in [4.69, 9.17) is 14.2 Å². The quantitative estimate of drug-likeness (QED) is 0.798. The molecule has 0 saturated heterocycles. The molecule has 1 aromatic carbocycles. The summed E-state index contributed by atoms with van der Waals surface area (Å²) in [6.07, 6.45) is 3.02.